The van der Waals surface area contributed by atoms with Crippen molar-refractivity contribution < 1.29 is 0 Å². The van der Waals surface area contributed by atoms with Gasteiger partial charge >= 0.3 is 0 Å². The summed E-state index contributed by atoms with van der Waals surface area (Å²) in [5, 5.41) is 0. The van der Waals surface area contributed by atoms with Crippen LogP contribution in [0.1, 0.15) is 70.3 Å². The zero-order chi connectivity index (χ0) is 13.5. The quantitative estimate of drug-likeness (QED) is 0.579. The molecule has 1 heteroatoms. The Morgan fingerprint density at radius 3 is 2.58 bits per heavy atom. The minimum atomic E-state index is 0.699. The van der Waals surface area contributed by atoms with Crippen molar-refractivity contribution in [3.05, 3.63) is 29.8 Å². The van der Waals surface area contributed by atoms with E-state index in [1.165, 1.54) is 49.8 Å². The number of para-hydroxylation sites is 1. The van der Waals surface area contributed by atoms with Crippen molar-refractivity contribution in [2.75, 3.05) is 0 Å². The monoisotopic (exact) mass is 257 g/mol. The first-order valence-corrected chi connectivity index (χ1v) is 7.96. The number of benzene rings is 1. The molecule has 1 nitrogen and oxygen atoms in total. The molecule has 1 heterocycles. The standard InChI is InChI=1S/C18H27N/c1-3-7-15(8-4-2)11-12-16-13-14-19-18-10-6-5-9-17(16)18/h5-6,9-10,14-16H,3-4,7-8,11-13H2,1-2H3/t16-/m0/s1. The van der Waals surface area contributed by atoms with E-state index in [1.54, 1.807) is 0 Å². The lowest BCUT2D eigenvalue weighted by atomic mass is 9.84. The second-order valence-electron chi connectivity index (χ2n) is 5.82. The molecule has 0 N–H and O–H groups in total. The van der Waals surface area contributed by atoms with Crippen molar-refractivity contribution in [2.24, 2.45) is 10.9 Å². The highest BCUT2D eigenvalue weighted by molar-refractivity contribution is 5.70. The lowest BCUT2D eigenvalue weighted by Crippen LogP contribution is -2.08. The van der Waals surface area contributed by atoms with Crippen LogP contribution in [0.4, 0.5) is 5.69 Å². The normalized spacial score (nSPS) is 17.7. The molecule has 0 saturated carbocycles. The van der Waals surface area contributed by atoms with E-state index in [2.05, 4.69) is 49.3 Å². The van der Waals surface area contributed by atoms with Crippen LogP contribution < -0.4 is 0 Å². The highest BCUT2D eigenvalue weighted by Crippen LogP contribution is 2.36. The fourth-order valence-corrected chi connectivity index (χ4v) is 3.32. The van der Waals surface area contributed by atoms with E-state index < -0.39 is 0 Å². The maximum atomic E-state index is 4.52. The number of rotatable bonds is 7. The zero-order valence-corrected chi connectivity index (χ0v) is 12.4. The molecule has 0 aromatic heterocycles. The van der Waals surface area contributed by atoms with Crippen LogP contribution in [0.2, 0.25) is 0 Å². The van der Waals surface area contributed by atoms with Crippen molar-refractivity contribution >= 4 is 11.9 Å². The van der Waals surface area contributed by atoms with Crippen LogP contribution in [-0.4, -0.2) is 6.21 Å². The van der Waals surface area contributed by atoms with Crippen LogP contribution in [0.5, 0.6) is 0 Å². The molecule has 19 heavy (non-hydrogen) atoms. The molecule has 0 unspecified atom stereocenters. The van der Waals surface area contributed by atoms with Crippen molar-refractivity contribution in [3.63, 3.8) is 0 Å². The molecule has 1 aliphatic rings. The van der Waals surface area contributed by atoms with Gasteiger partial charge in [0, 0.05) is 6.21 Å². The first-order chi connectivity index (χ1) is 9.35. The highest BCUT2D eigenvalue weighted by atomic mass is 14.7. The van der Waals surface area contributed by atoms with Crippen LogP contribution in [0.15, 0.2) is 29.3 Å². The molecule has 1 atom stereocenters. The Bertz CT molecular complexity index is 402. The van der Waals surface area contributed by atoms with Gasteiger partial charge in [-0.05, 0) is 42.7 Å². The maximum absolute atomic E-state index is 4.52. The third kappa shape index (κ3) is 3.92. The largest absolute Gasteiger partial charge is 0.261 e. The molecule has 0 saturated heterocycles. The number of fused-ring (bicyclic) bond motifs is 1. The van der Waals surface area contributed by atoms with Crippen LogP contribution in [0, 0.1) is 5.92 Å². The molecule has 0 spiro atoms. The Labute approximate surface area is 118 Å². The van der Waals surface area contributed by atoms with Gasteiger partial charge in [-0.15, -0.1) is 0 Å². The van der Waals surface area contributed by atoms with E-state index in [1.807, 2.05) is 0 Å². The average molecular weight is 257 g/mol. The molecular formula is C18H27N. The second-order valence-corrected chi connectivity index (χ2v) is 5.82. The van der Waals surface area contributed by atoms with Gasteiger partial charge in [0.1, 0.15) is 0 Å². The number of nitrogens with zero attached hydrogens (tertiary/aromatic N) is 1. The maximum Gasteiger partial charge on any atom is 0.0660 e. The molecule has 1 aromatic carbocycles. The van der Waals surface area contributed by atoms with Gasteiger partial charge in [-0.2, -0.15) is 0 Å². The Hall–Kier alpha value is -1.11. The predicted octanol–water partition coefficient (Wildman–Crippen LogP) is 5.87. The summed E-state index contributed by atoms with van der Waals surface area (Å²) in [6.07, 6.45) is 11.4. The van der Waals surface area contributed by atoms with Crippen molar-refractivity contribution in [1.82, 2.24) is 0 Å². The molecule has 0 bridgehead atoms. The molecule has 1 aromatic rings. The lowest BCUT2D eigenvalue weighted by Gasteiger charge is -2.23. The van der Waals surface area contributed by atoms with Crippen LogP contribution >= 0.6 is 0 Å². The molecule has 0 aliphatic carbocycles. The van der Waals surface area contributed by atoms with Gasteiger partial charge in [0.25, 0.3) is 0 Å². The van der Waals surface area contributed by atoms with Gasteiger partial charge in [-0.3, -0.25) is 4.99 Å². The van der Waals surface area contributed by atoms with Gasteiger partial charge in [0.05, 0.1) is 5.69 Å². The fourth-order valence-electron chi connectivity index (χ4n) is 3.32. The SMILES string of the molecule is CCCC(CCC)CC[C@H]1CC=Nc2ccccc21. The number of hydrogen-bond donors (Lipinski definition) is 0. The van der Waals surface area contributed by atoms with Crippen molar-refractivity contribution in [1.29, 1.82) is 0 Å². The summed E-state index contributed by atoms with van der Waals surface area (Å²) in [6, 6.07) is 8.66. The predicted molar refractivity (Wildman–Crippen MR) is 84.5 cm³/mol. The average Bonchev–Trinajstić information content (AvgIpc) is 2.45. The Kier molecular flexibility index (Phi) is 5.62. The van der Waals surface area contributed by atoms with Crippen LogP contribution in [0.25, 0.3) is 0 Å². The summed E-state index contributed by atoms with van der Waals surface area (Å²) < 4.78 is 0. The highest BCUT2D eigenvalue weighted by Gasteiger charge is 2.18. The zero-order valence-electron chi connectivity index (χ0n) is 12.4. The second kappa shape index (κ2) is 7.47. The minimum Gasteiger partial charge on any atom is -0.261 e. The van der Waals surface area contributed by atoms with Gasteiger partial charge < -0.3 is 0 Å². The lowest BCUT2D eigenvalue weighted by molar-refractivity contribution is 0.384. The Balaban J connectivity index is 1.94. The third-order valence-electron chi connectivity index (χ3n) is 4.31. The fraction of sp³-hybridized carbons (Fsp3) is 0.611. The Morgan fingerprint density at radius 2 is 1.84 bits per heavy atom. The summed E-state index contributed by atoms with van der Waals surface area (Å²) in [4.78, 5) is 4.52. The van der Waals surface area contributed by atoms with Crippen molar-refractivity contribution in [2.45, 2.75) is 64.7 Å². The van der Waals surface area contributed by atoms with Gasteiger partial charge in [0.2, 0.25) is 0 Å². The molecule has 0 radical (unpaired) electrons. The Morgan fingerprint density at radius 1 is 1.11 bits per heavy atom. The number of hydrogen-bond acceptors (Lipinski definition) is 1. The summed E-state index contributed by atoms with van der Waals surface area (Å²) in [7, 11) is 0. The summed E-state index contributed by atoms with van der Waals surface area (Å²) in [5.41, 5.74) is 2.66. The number of aliphatic imine (C=N–C) groups is 1. The van der Waals surface area contributed by atoms with E-state index in [0.29, 0.717) is 5.92 Å². The van der Waals surface area contributed by atoms with Crippen molar-refractivity contribution in [3.8, 4) is 0 Å². The van der Waals surface area contributed by atoms with E-state index in [-0.39, 0.29) is 0 Å². The summed E-state index contributed by atoms with van der Waals surface area (Å²) in [5.74, 6) is 1.63. The van der Waals surface area contributed by atoms with Gasteiger partial charge in [-0.25, -0.2) is 0 Å². The summed E-state index contributed by atoms with van der Waals surface area (Å²) in [6.45, 7) is 4.62. The molecule has 104 valence electrons. The minimum absolute atomic E-state index is 0.699. The van der Waals surface area contributed by atoms with Crippen LogP contribution in [-0.2, 0) is 0 Å². The molecular weight excluding hydrogens is 230 g/mol. The van der Waals surface area contributed by atoms with E-state index in [0.717, 1.165) is 12.3 Å². The topological polar surface area (TPSA) is 12.4 Å². The van der Waals surface area contributed by atoms with E-state index in [4.69, 9.17) is 0 Å². The molecule has 1 aliphatic heterocycles. The van der Waals surface area contributed by atoms with E-state index in [9.17, 15) is 0 Å². The smallest absolute Gasteiger partial charge is 0.0660 e. The molecule has 0 fully saturated rings. The first kappa shape index (κ1) is 14.3. The van der Waals surface area contributed by atoms with Gasteiger partial charge in [-0.1, -0.05) is 57.7 Å². The molecule has 2 rings (SSSR count). The summed E-state index contributed by atoms with van der Waals surface area (Å²) >= 11 is 0. The van der Waals surface area contributed by atoms with E-state index >= 15 is 0 Å². The third-order valence-corrected chi connectivity index (χ3v) is 4.31. The first-order valence-electron chi connectivity index (χ1n) is 7.96. The van der Waals surface area contributed by atoms with Crippen LogP contribution in [0.3, 0.4) is 0 Å². The molecule has 0 amide bonds. The van der Waals surface area contributed by atoms with Gasteiger partial charge in [0.15, 0.2) is 0 Å².